The van der Waals surface area contributed by atoms with E-state index in [9.17, 15) is 0 Å². The Hall–Kier alpha value is -1.11. The van der Waals surface area contributed by atoms with Gasteiger partial charge < -0.3 is 19.0 Å². The summed E-state index contributed by atoms with van der Waals surface area (Å²) in [7, 11) is 0. The number of benzene rings is 1. The van der Waals surface area contributed by atoms with Crippen LogP contribution in [0.3, 0.4) is 0 Å². The van der Waals surface area contributed by atoms with E-state index in [4.69, 9.17) is 65.5 Å². The van der Waals surface area contributed by atoms with Gasteiger partial charge in [-0.1, -0.05) is 58.5 Å². The molecule has 0 bridgehead atoms. The molecule has 0 fully saturated rings. The molecule has 9 heteroatoms. The molecule has 0 N–H and O–H groups in total. The van der Waals surface area contributed by atoms with Crippen LogP contribution in [0.15, 0.2) is 38.4 Å². The van der Waals surface area contributed by atoms with Gasteiger partial charge in [0.05, 0.1) is 19.4 Å². The van der Waals surface area contributed by atoms with Crippen molar-refractivity contribution in [1.82, 2.24) is 0 Å². The van der Waals surface area contributed by atoms with E-state index in [0.717, 1.165) is 48.3 Å². The summed E-state index contributed by atoms with van der Waals surface area (Å²) >= 11 is 22.1. The normalized spacial score (nSPS) is 10.8. The Balaban J connectivity index is 2.23. The molecule has 0 spiro atoms. The van der Waals surface area contributed by atoms with Crippen LogP contribution in [0.4, 0.5) is 0 Å². The van der Waals surface area contributed by atoms with E-state index in [1.807, 2.05) is 19.1 Å². The van der Waals surface area contributed by atoms with Gasteiger partial charge in [0.2, 0.25) is 0 Å². The fourth-order valence-corrected chi connectivity index (χ4v) is 2.84. The van der Waals surface area contributed by atoms with E-state index in [-0.39, 0.29) is 15.6 Å². The molecule has 1 aromatic carbocycles. The zero-order valence-electron chi connectivity index (χ0n) is 17.8. The number of unbranched alkanes of at least 4 members (excludes halogenated alkanes) is 2. The predicted molar refractivity (Wildman–Crippen MR) is 130 cm³/mol. The van der Waals surface area contributed by atoms with Gasteiger partial charge in [-0.2, -0.15) is 0 Å². The summed E-state index contributed by atoms with van der Waals surface area (Å²) in [5, 5.41) is 3.72. The van der Waals surface area contributed by atoms with Crippen LogP contribution in [0.1, 0.15) is 37.3 Å². The van der Waals surface area contributed by atoms with Gasteiger partial charge in [-0.15, -0.1) is 0 Å². The van der Waals surface area contributed by atoms with Crippen molar-refractivity contribution in [3.63, 3.8) is 0 Å². The molecule has 174 valence electrons. The molecule has 5 nitrogen and oxygen atoms in total. The highest BCUT2D eigenvalue weighted by Gasteiger charge is 2.09. The molecule has 0 amide bonds. The average molecular weight is 513 g/mol. The monoisotopic (exact) mass is 511 g/mol. The maximum Gasteiger partial charge on any atom is 0.138 e. The van der Waals surface area contributed by atoms with Crippen LogP contribution in [0.5, 0.6) is 11.5 Å². The van der Waals surface area contributed by atoms with Crippen molar-refractivity contribution in [3.05, 3.63) is 44.4 Å². The number of ether oxygens (including phenoxy) is 3. The molecule has 0 saturated carbocycles. The molecular formula is C22H29Cl4NO4. The minimum atomic E-state index is 0.157. The van der Waals surface area contributed by atoms with E-state index in [0.29, 0.717) is 26.4 Å². The summed E-state index contributed by atoms with van der Waals surface area (Å²) in [6.45, 7) is 6.38. The number of aryl methyl sites for hydroxylation is 2. The molecule has 0 aliphatic carbocycles. The molecule has 1 rings (SSSR count). The molecular weight excluding hydrogens is 484 g/mol. The molecule has 0 saturated heterocycles. The molecule has 0 radical (unpaired) electrons. The van der Waals surface area contributed by atoms with Crippen LogP contribution in [0.2, 0.25) is 0 Å². The fraction of sp³-hybridized carbons (Fsp3) is 0.500. The second-order valence-electron chi connectivity index (χ2n) is 6.45. The smallest absolute Gasteiger partial charge is 0.138 e. The lowest BCUT2D eigenvalue weighted by atomic mass is 10.1. The van der Waals surface area contributed by atoms with Gasteiger partial charge in [0.1, 0.15) is 33.7 Å². The lowest BCUT2D eigenvalue weighted by molar-refractivity contribution is 0.152. The molecule has 0 unspecified atom stereocenters. The number of nitrogens with zero attached hydrogens (tertiary/aromatic N) is 1. The second-order valence-corrected chi connectivity index (χ2v) is 8.46. The number of oxime groups is 1. The Morgan fingerprint density at radius 1 is 0.903 bits per heavy atom. The SMILES string of the molecule is CCc1cc(OCC=C(Cl)Cl)cc(C)c1OCCCCCOCC=NOCC=C(Cl)Cl. The minimum Gasteiger partial charge on any atom is -0.493 e. The van der Waals surface area contributed by atoms with Crippen LogP contribution < -0.4 is 9.47 Å². The Morgan fingerprint density at radius 2 is 1.61 bits per heavy atom. The summed E-state index contributed by atoms with van der Waals surface area (Å²) in [6, 6.07) is 3.96. The maximum absolute atomic E-state index is 6.04. The number of hydrogen-bond acceptors (Lipinski definition) is 5. The van der Waals surface area contributed by atoms with Crippen molar-refractivity contribution < 1.29 is 19.0 Å². The van der Waals surface area contributed by atoms with Crippen LogP contribution in [-0.2, 0) is 16.0 Å². The Kier molecular flexibility index (Phi) is 15.7. The summed E-state index contributed by atoms with van der Waals surface area (Å²) in [6.07, 6.45) is 8.44. The van der Waals surface area contributed by atoms with Crippen molar-refractivity contribution in [2.75, 3.05) is 33.0 Å². The first-order chi connectivity index (χ1) is 14.9. The third-order valence-corrected chi connectivity index (χ3v) is 4.64. The zero-order chi connectivity index (χ0) is 22.9. The van der Waals surface area contributed by atoms with E-state index < -0.39 is 0 Å². The van der Waals surface area contributed by atoms with E-state index in [2.05, 4.69) is 12.1 Å². The zero-order valence-corrected chi connectivity index (χ0v) is 20.9. The van der Waals surface area contributed by atoms with E-state index in [1.165, 1.54) is 6.08 Å². The third-order valence-electron chi connectivity index (χ3n) is 4.03. The molecule has 0 aliphatic heterocycles. The van der Waals surface area contributed by atoms with Crippen LogP contribution in [-0.4, -0.2) is 39.2 Å². The van der Waals surface area contributed by atoms with Crippen LogP contribution in [0, 0.1) is 6.92 Å². The van der Waals surface area contributed by atoms with Crippen LogP contribution in [0.25, 0.3) is 0 Å². The highest BCUT2D eigenvalue weighted by Crippen LogP contribution is 2.30. The van der Waals surface area contributed by atoms with Gasteiger partial charge in [-0.3, -0.25) is 0 Å². The largest absolute Gasteiger partial charge is 0.493 e. The topological polar surface area (TPSA) is 49.3 Å². The highest BCUT2D eigenvalue weighted by atomic mass is 35.5. The van der Waals surface area contributed by atoms with Gasteiger partial charge in [0.15, 0.2) is 0 Å². The first-order valence-corrected chi connectivity index (χ1v) is 11.6. The Labute approximate surface area is 204 Å². The Morgan fingerprint density at radius 3 is 2.32 bits per heavy atom. The summed E-state index contributed by atoms with van der Waals surface area (Å²) in [5.74, 6) is 1.71. The second kappa shape index (κ2) is 17.4. The van der Waals surface area contributed by atoms with Gasteiger partial charge >= 0.3 is 0 Å². The van der Waals surface area contributed by atoms with Crippen molar-refractivity contribution in [3.8, 4) is 11.5 Å². The molecule has 31 heavy (non-hydrogen) atoms. The number of rotatable bonds is 16. The van der Waals surface area contributed by atoms with E-state index in [1.54, 1.807) is 12.3 Å². The maximum atomic E-state index is 6.04. The standard InChI is InChI=1S/C22H29Cl4NO4/c1-3-18-16-19(29-12-7-20(23)24)15-17(2)22(18)30-11-6-4-5-10-28-14-9-27-31-13-8-21(25)26/h7-9,15-16H,3-6,10-14H2,1-2H3. The molecule has 1 aromatic rings. The van der Waals surface area contributed by atoms with E-state index >= 15 is 0 Å². The summed E-state index contributed by atoms with van der Waals surface area (Å²) in [4.78, 5) is 4.92. The van der Waals surface area contributed by atoms with Gasteiger partial charge in [0.25, 0.3) is 0 Å². The first-order valence-electron chi connectivity index (χ1n) is 10.1. The van der Waals surface area contributed by atoms with Gasteiger partial charge in [-0.25, -0.2) is 0 Å². The predicted octanol–water partition coefficient (Wildman–Crippen LogP) is 7.14. The van der Waals surface area contributed by atoms with Crippen LogP contribution >= 0.6 is 46.4 Å². The summed E-state index contributed by atoms with van der Waals surface area (Å²) in [5.41, 5.74) is 2.16. The number of hydrogen-bond donors (Lipinski definition) is 0. The summed E-state index contributed by atoms with van der Waals surface area (Å²) < 4.78 is 17.5. The van der Waals surface area contributed by atoms with Crippen molar-refractivity contribution in [2.45, 2.75) is 39.5 Å². The van der Waals surface area contributed by atoms with Crippen molar-refractivity contribution in [1.29, 1.82) is 0 Å². The van der Waals surface area contributed by atoms with Gasteiger partial charge in [-0.05, 0) is 68.0 Å². The lowest BCUT2D eigenvalue weighted by Crippen LogP contribution is -2.04. The molecule has 0 aliphatic rings. The highest BCUT2D eigenvalue weighted by molar-refractivity contribution is 6.56. The minimum absolute atomic E-state index is 0.157. The third kappa shape index (κ3) is 13.8. The molecule has 0 aromatic heterocycles. The Bertz CT molecular complexity index is 730. The van der Waals surface area contributed by atoms with Crippen molar-refractivity contribution >= 4 is 52.6 Å². The fourth-order valence-electron chi connectivity index (χ4n) is 2.58. The lowest BCUT2D eigenvalue weighted by Gasteiger charge is -2.15. The number of halogens is 4. The van der Waals surface area contributed by atoms with Gasteiger partial charge in [0, 0.05) is 6.61 Å². The average Bonchev–Trinajstić information content (AvgIpc) is 2.71. The first kappa shape index (κ1) is 27.9. The molecule has 0 heterocycles. The van der Waals surface area contributed by atoms with Crippen molar-refractivity contribution in [2.24, 2.45) is 5.16 Å². The molecule has 0 atom stereocenters. The quantitative estimate of drug-likeness (QED) is 0.134.